The lowest BCUT2D eigenvalue weighted by atomic mass is 9.86. The van der Waals surface area contributed by atoms with Crippen molar-refractivity contribution in [3.8, 4) is 11.5 Å². The molecule has 5 nitrogen and oxygen atoms in total. The van der Waals surface area contributed by atoms with Crippen LogP contribution in [0.4, 0.5) is 5.69 Å². The molecule has 27 heavy (non-hydrogen) atoms. The first kappa shape index (κ1) is 19.2. The maximum Gasteiger partial charge on any atom is 0.168 e. The van der Waals surface area contributed by atoms with Gasteiger partial charge in [-0.25, -0.2) is 4.98 Å². The number of aryl methyl sites for hydroxylation is 2. The Morgan fingerprint density at radius 2 is 1.70 bits per heavy atom. The molecule has 0 bridgehead atoms. The molecule has 5 heteroatoms. The van der Waals surface area contributed by atoms with Crippen molar-refractivity contribution in [1.82, 2.24) is 14.1 Å². The number of imidazole rings is 1. The summed E-state index contributed by atoms with van der Waals surface area (Å²) in [5.74, 6) is 1.02. The van der Waals surface area contributed by atoms with Gasteiger partial charge < -0.3 is 14.5 Å². The maximum absolute atomic E-state index is 12.6. The molecule has 0 aliphatic carbocycles. The fourth-order valence-corrected chi connectivity index (χ4v) is 3.29. The number of hydrogen-bond acceptors (Lipinski definition) is 3. The van der Waals surface area contributed by atoms with Gasteiger partial charge >= 0.3 is 0 Å². The van der Waals surface area contributed by atoms with Gasteiger partial charge in [0.2, 0.25) is 0 Å². The van der Waals surface area contributed by atoms with E-state index >= 15 is 0 Å². The molecule has 0 saturated carbocycles. The van der Waals surface area contributed by atoms with Gasteiger partial charge in [-0.05, 0) is 45.0 Å². The molecule has 0 amide bonds. The smallest absolute Gasteiger partial charge is 0.168 e. The molecule has 2 aromatic heterocycles. The molecule has 0 aliphatic rings. The van der Waals surface area contributed by atoms with Crippen molar-refractivity contribution in [3.63, 3.8) is 0 Å². The standard InChI is InChI=1S/C22H30N4O/c1-21(2,3)19(27)14-9-10-17-16(11-14)23-20(26(17)8)18-12-15(13-25(18)7)24-22(4,5)6/h9-13,24H,1-8H3. The molecule has 1 N–H and O–H groups in total. The SMILES string of the molecule is Cn1cc(NC(C)(C)C)cc1-c1nc2cc(C(=O)C(C)(C)C)ccc2n1C. The van der Waals surface area contributed by atoms with Crippen LogP contribution < -0.4 is 5.32 Å². The lowest BCUT2D eigenvalue weighted by Crippen LogP contribution is -2.25. The van der Waals surface area contributed by atoms with Crippen LogP contribution in [-0.4, -0.2) is 25.4 Å². The van der Waals surface area contributed by atoms with Gasteiger partial charge in [0.15, 0.2) is 11.6 Å². The highest BCUT2D eigenvalue weighted by Gasteiger charge is 2.24. The number of Topliss-reactive ketones (excluding diaryl/α,β-unsaturated/α-hetero) is 1. The molecule has 0 spiro atoms. The minimum Gasteiger partial charge on any atom is -0.379 e. The van der Waals surface area contributed by atoms with Crippen molar-refractivity contribution >= 4 is 22.5 Å². The van der Waals surface area contributed by atoms with Crippen LogP contribution in [0.15, 0.2) is 30.5 Å². The van der Waals surface area contributed by atoms with E-state index in [4.69, 9.17) is 4.98 Å². The van der Waals surface area contributed by atoms with Crippen LogP contribution in [-0.2, 0) is 14.1 Å². The van der Waals surface area contributed by atoms with Crippen molar-refractivity contribution in [1.29, 1.82) is 0 Å². The highest BCUT2D eigenvalue weighted by molar-refractivity contribution is 6.02. The lowest BCUT2D eigenvalue weighted by Gasteiger charge is -2.20. The van der Waals surface area contributed by atoms with E-state index in [1.807, 2.05) is 53.1 Å². The highest BCUT2D eigenvalue weighted by Crippen LogP contribution is 2.29. The molecular weight excluding hydrogens is 336 g/mol. The second kappa shape index (κ2) is 6.25. The first-order valence-corrected chi connectivity index (χ1v) is 9.33. The topological polar surface area (TPSA) is 51.9 Å². The third kappa shape index (κ3) is 3.77. The van der Waals surface area contributed by atoms with Crippen LogP contribution in [0, 0.1) is 5.41 Å². The Kier molecular flexibility index (Phi) is 4.45. The molecule has 0 atom stereocenters. The Hall–Kier alpha value is -2.56. The summed E-state index contributed by atoms with van der Waals surface area (Å²) in [5.41, 5.74) is 4.25. The summed E-state index contributed by atoms with van der Waals surface area (Å²) >= 11 is 0. The van der Waals surface area contributed by atoms with E-state index in [9.17, 15) is 4.79 Å². The van der Waals surface area contributed by atoms with Crippen molar-refractivity contribution in [2.24, 2.45) is 19.5 Å². The number of carbonyl (C=O) groups excluding carboxylic acids is 1. The van der Waals surface area contributed by atoms with E-state index in [1.54, 1.807) is 0 Å². The average Bonchev–Trinajstić information content (AvgIpc) is 3.03. The number of rotatable bonds is 3. The van der Waals surface area contributed by atoms with Crippen LogP contribution >= 0.6 is 0 Å². The summed E-state index contributed by atoms with van der Waals surface area (Å²) < 4.78 is 4.16. The fraction of sp³-hybridized carbons (Fsp3) is 0.455. The number of anilines is 1. The van der Waals surface area contributed by atoms with Gasteiger partial charge in [0.05, 0.1) is 22.4 Å². The Morgan fingerprint density at radius 1 is 1.04 bits per heavy atom. The van der Waals surface area contributed by atoms with E-state index in [2.05, 4.69) is 47.5 Å². The zero-order chi connectivity index (χ0) is 20.1. The monoisotopic (exact) mass is 366 g/mol. The van der Waals surface area contributed by atoms with Gasteiger partial charge in [0.1, 0.15) is 0 Å². The number of fused-ring (bicyclic) bond motifs is 1. The third-order valence-electron chi connectivity index (χ3n) is 4.58. The molecular formula is C22H30N4O. The number of ketones is 1. The second-order valence-corrected chi connectivity index (χ2v) is 9.38. The third-order valence-corrected chi connectivity index (χ3v) is 4.58. The molecule has 144 valence electrons. The Balaban J connectivity index is 2.06. The number of hydrogen-bond donors (Lipinski definition) is 1. The molecule has 0 fully saturated rings. The summed E-state index contributed by atoms with van der Waals surface area (Å²) in [4.78, 5) is 17.5. The normalized spacial score (nSPS) is 12.6. The van der Waals surface area contributed by atoms with Gasteiger partial charge in [-0.15, -0.1) is 0 Å². The molecule has 3 rings (SSSR count). The molecule has 0 saturated heterocycles. The lowest BCUT2D eigenvalue weighted by molar-refractivity contribution is 0.0858. The van der Waals surface area contributed by atoms with Crippen LogP contribution in [0.5, 0.6) is 0 Å². The molecule has 0 unspecified atom stereocenters. The van der Waals surface area contributed by atoms with Crippen LogP contribution in [0.25, 0.3) is 22.6 Å². The summed E-state index contributed by atoms with van der Waals surface area (Å²) in [6.45, 7) is 12.2. The van der Waals surface area contributed by atoms with Gasteiger partial charge in [0.25, 0.3) is 0 Å². The van der Waals surface area contributed by atoms with E-state index < -0.39 is 5.41 Å². The Labute approximate surface area is 161 Å². The maximum atomic E-state index is 12.6. The second-order valence-electron chi connectivity index (χ2n) is 9.38. The van der Waals surface area contributed by atoms with Crippen molar-refractivity contribution in [2.45, 2.75) is 47.1 Å². The predicted molar refractivity (Wildman–Crippen MR) is 112 cm³/mol. The minimum absolute atomic E-state index is 0.00675. The summed E-state index contributed by atoms with van der Waals surface area (Å²) in [6.07, 6.45) is 2.08. The van der Waals surface area contributed by atoms with Crippen molar-refractivity contribution < 1.29 is 4.79 Å². The van der Waals surface area contributed by atoms with E-state index in [0.717, 1.165) is 28.2 Å². The Bertz CT molecular complexity index is 1010. The first-order chi connectivity index (χ1) is 12.4. The first-order valence-electron chi connectivity index (χ1n) is 9.33. The summed E-state index contributed by atoms with van der Waals surface area (Å²) in [7, 11) is 4.04. The molecule has 2 heterocycles. The molecule has 3 aromatic rings. The van der Waals surface area contributed by atoms with Crippen LogP contribution in [0.3, 0.4) is 0 Å². The van der Waals surface area contributed by atoms with E-state index in [-0.39, 0.29) is 11.3 Å². The number of nitrogens with zero attached hydrogens (tertiary/aromatic N) is 3. The Morgan fingerprint density at radius 3 is 2.30 bits per heavy atom. The summed E-state index contributed by atoms with van der Waals surface area (Å²) in [5, 5.41) is 3.50. The van der Waals surface area contributed by atoms with E-state index in [1.165, 1.54) is 0 Å². The molecule has 0 aliphatic heterocycles. The summed E-state index contributed by atoms with van der Waals surface area (Å²) in [6, 6.07) is 7.92. The molecule has 0 radical (unpaired) electrons. The number of benzene rings is 1. The van der Waals surface area contributed by atoms with Crippen molar-refractivity contribution in [3.05, 3.63) is 36.0 Å². The quantitative estimate of drug-likeness (QED) is 0.662. The van der Waals surface area contributed by atoms with Gasteiger partial charge in [-0.2, -0.15) is 0 Å². The largest absolute Gasteiger partial charge is 0.379 e. The average molecular weight is 367 g/mol. The van der Waals surface area contributed by atoms with Crippen molar-refractivity contribution in [2.75, 3.05) is 5.32 Å². The highest BCUT2D eigenvalue weighted by atomic mass is 16.1. The fourth-order valence-electron chi connectivity index (χ4n) is 3.29. The zero-order valence-corrected chi connectivity index (χ0v) is 17.6. The number of nitrogens with one attached hydrogen (secondary N) is 1. The zero-order valence-electron chi connectivity index (χ0n) is 17.6. The predicted octanol–water partition coefficient (Wildman–Crippen LogP) is 5.02. The van der Waals surface area contributed by atoms with E-state index in [0.29, 0.717) is 5.56 Å². The van der Waals surface area contributed by atoms with Crippen LogP contribution in [0.2, 0.25) is 0 Å². The molecule has 1 aromatic carbocycles. The number of aromatic nitrogens is 3. The minimum atomic E-state index is -0.406. The van der Waals surface area contributed by atoms with Gasteiger partial charge in [0, 0.05) is 36.8 Å². The van der Waals surface area contributed by atoms with Gasteiger partial charge in [-0.1, -0.05) is 20.8 Å². The number of carbonyl (C=O) groups is 1. The van der Waals surface area contributed by atoms with Crippen LogP contribution in [0.1, 0.15) is 51.9 Å². The van der Waals surface area contributed by atoms with Gasteiger partial charge in [-0.3, -0.25) is 4.79 Å².